The average molecular weight is 313 g/mol. The Morgan fingerprint density at radius 1 is 1.38 bits per heavy atom. The molecule has 0 radical (unpaired) electrons. The summed E-state index contributed by atoms with van der Waals surface area (Å²) in [5.41, 5.74) is 7.73. The normalized spacial score (nSPS) is 21.6. The maximum Gasteiger partial charge on any atom is 0.119 e. The second-order valence-electron chi connectivity index (χ2n) is 6.59. The highest BCUT2D eigenvalue weighted by molar-refractivity contribution is 5.85. The first kappa shape index (κ1) is 18.3. The number of benzene rings is 1. The largest absolute Gasteiger partial charge is 0.494 e. The molecule has 1 aromatic carbocycles. The molecule has 0 bridgehead atoms. The Morgan fingerprint density at radius 3 is 2.81 bits per heavy atom. The monoisotopic (exact) mass is 312 g/mol. The first-order chi connectivity index (χ1) is 9.51. The third-order valence-electron chi connectivity index (χ3n) is 4.17. The van der Waals surface area contributed by atoms with Crippen molar-refractivity contribution in [3.05, 3.63) is 29.8 Å². The number of hydrogen-bond donors (Lipinski definition) is 1. The van der Waals surface area contributed by atoms with E-state index in [4.69, 9.17) is 10.5 Å². The van der Waals surface area contributed by atoms with Crippen molar-refractivity contribution in [3.63, 3.8) is 0 Å². The zero-order valence-corrected chi connectivity index (χ0v) is 14.3. The minimum absolute atomic E-state index is 0. The maximum atomic E-state index is 6.20. The van der Waals surface area contributed by atoms with Crippen molar-refractivity contribution in [3.8, 4) is 5.75 Å². The summed E-state index contributed by atoms with van der Waals surface area (Å²) in [6, 6.07) is 8.78. The van der Waals surface area contributed by atoms with E-state index < -0.39 is 0 Å². The minimum atomic E-state index is 0. The number of rotatable bonds is 5. The van der Waals surface area contributed by atoms with Gasteiger partial charge >= 0.3 is 0 Å². The third kappa shape index (κ3) is 5.17. The van der Waals surface area contributed by atoms with Crippen molar-refractivity contribution in [1.29, 1.82) is 0 Å². The summed E-state index contributed by atoms with van der Waals surface area (Å²) in [5.74, 6) is 0.984. The Kier molecular flexibility index (Phi) is 6.98. The number of nitrogens with two attached hydrogens (primary N) is 1. The quantitative estimate of drug-likeness (QED) is 0.905. The molecule has 0 aliphatic carbocycles. The second-order valence-corrected chi connectivity index (χ2v) is 6.59. The van der Waals surface area contributed by atoms with Gasteiger partial charge in [-0.2, -0.15) is 0 Å². The van der Waals surface area contributed by atoms with Crippen molar-refractivity contribution in [2.75, 3.05) is 19.7 Å². The van der Waals surface area contributed by atoms with E-state index in [-0.39, 0.29) is 17.8 Å². The third-order valence-corrected chi connectivity index (χ3v) is 4.17. The van der Waals surface area contributed by atoms with Crippen LogP contribution in [0.2, 0.25) is 0 Å². The van der Waals surface area contributed by atoms with E-state index in [9.17, 15) is 0 Å². The number of hydrogen-bond acceptors (Lipinski definition) is 3. The molecule has 1 aromatic rings. The lowest BCUT2D eigenvalue weighted by Crippen LogP contribution is -2.52. The molecule has 3 nitrogen and oxygen atoms in total. The fourth-order valence-electron chi connectivity index (χ4n) is 2.83. The van der Waals surface area contributed by atoms with Gasteiger partial charge in [-0.1, -0.05) is 32.9 Å². The summed E-state index contributed by atoms with van der Waals surface area (Å²) >= 11 is 0. The standard InChI is InChI=1S/C17H28N2O.ClH/c1-4-10-20-15-7-5-6-14(11-15)12-19-9-8-16(18)17(2,3)13-19;/h5-7,11,16H,4,8-10,12-13,18H2,1-3H3;1H. The fourth-order valence-corrected chi connectivity index (χ4v) is 2.83. The molecule has 2 N–H and O–H groups in total. The average Bonchev–Trinajstić information content (AvgIpc) is 2.41. The summed E-state index contributed by atoms with van der Waals surface area (Å²) in [4.78, 5) is 2.50. The lowest BCUT2D eigenvalue weighted by Gasteiger charge is -2.42. The van der Waals surface area contributed by atoms with Crippen LogP contribution in [0, 0.1) is 5.41 Å². The number of piperidine rings is 1. The number of halogens is 1. The first-order valence-electron chi connectivity index (χ1n) is 7.71. The second kappa shape index (κ2) is 8.02. The highest BCUT2D eigenvalue weighted by atomic mass is 35.5. The predicted octanol–water partition coefficient (Wildman–Crippen LogP) is 3.46. The van der Waals surface area contributed by atoms with E-state index in [1.54, 1.807) is 0 Å². The van der Waals surface area contributed by atoms with Crippen molar-refractivity contribution in [1.82, 2.24) is 4.90 Å². The van der Waals surface area contributed by atoms with E-state index in [2.05, 4.69) is 43.9 Å². The molecule has 1 saturated heterocycles. The van der Waals surface area contributed by atoms with Gasteiger partial charge in [0.2, 0.25) is 0 Å². The van der Waals surface area contributed by atoms with E-state index in [0.29, 0.717) is 6.04 Å². The molecule has 21 heavy (non-hydrogen) atoms. The molecule has 120 valence electrons. The van der Waals surface area contributed by atoms with Gasteiger partial charge in [0.25, 0.3) is 0 Å². The molecule has 4 heteroatoms. The van der Waals surface area contributed by atoms with Crippen LogP contribution in [0.15, 0.2) is 24.3 Å². The maximum absolute atomic E-state index is 6.20. The van der Waals surface area contributed by atoms with Crippen molar-refractivity contribution >= 4 is 12.4 Å². The van der Waals surface area contributed by atoms with E-state index in [0.717, 1.165) is 44.8 Å². The van der Waals surface area contributed by atoms with Crippen LogP contribution in [-0.2, 0) is 6.54 Å². The van der Waals surface area contributed by atoms with Crippen molar-refractivity contribution < 1.29 is 4.74 Å². The summed E-state index contributed by atoms with van der Waals surface area (Å²) in [5, 5.41) is 0. The van der Waals surface area contributed by atoms with Crippen LogP contribution in [0.5, 0.6) is 5.75 Å². The Labute approximate surface area is 135 Å². The first-order valence-corrected chi connectivity index (χ1v) is 7.71. The van der Waals surface area contributed by atoms with E-state index >= 15 is 0 Å². The van der Waals surface area contributed by atoms with Gasteiger partial charge in [-0.05, 0) is 36.0 Å². The summed E-state index contributed by atoms with van der Waals surface area (Å²) in [7, 11) is 0. The van der Waals surface area contributed by atoms with Gasteiger partial charge < -0.3 is 10.5 Å². The van der Waals surface area contributed by atoms with Gasteiger partial charge in [0.1, 0.15) is 5.75 Å². The molecule has 0 aromatic heterocycles. The van der Waals surface area contributed by atoms with Gasteiger partial charge in [0.15, 0.2) is 0 Å². The number of ether oxygens (including phenoxy) is 1. The molecule has 1 fully saturated rings. The van der Waals surface area contributed by atoms with Gasteiger partial charge in [-0.25, -0.2) is 0 Å². The van der Waals surface area contributed by atoms with Crippen LogP contribution in [0.3, 0.4) is 0 Å². The molecule has 1 aliphatic heterocycles. The molecule has 1 atom stereocenters. The van der Waals surface area contributed by atoms with Gasteiger partial charge in [-0.15, -0.1) is 12.4 Å². The van der Waals surface area contributed by atoms with Gasteiger partial charge in [0.05, 0.1) is 6.61 Å². The Bertz CT molecular complexity index is 437. The molecule has 2 rings (SSSR count). The highest BCUT2D eigenvalue weighted by Gasteiger charge is 2.33. The van der Waals surface area contributed by atoms with Gasteiger partial charge in [-0.3, -0.25) is 4.90 Å². The summed E-state index contributed by atoms with van der Waals surface area (Å²) in [6.07, 6.45) is 2.13. The Hall–Kier alpha value is -0.770. The lowest BCUT2D eigenvalue weighted by molar-refractivity contribution is 0.0898. The molecular weight excluding hydrogens is 284 g/mol. The SMILES string of the molecule is CCCOc1cccc(CN2CCC(N)C(C)(C)C2)c1.Cl. The van der Waals surface area contributed by atoms with E-state index in [1.807, 2.05) is 6.07 Å². The zero-order valence-electron chi connectivity index (χ0n) is 13.5. The van der Waals surface area contributed by atoms with Crippen LogP contribution in [0.4, 0.5) is 0 Å². The molecule has 1 aliphatic rings. The molecule has 1 heterocycles. The Morgan fingerprint density at radius 2 is 2.14 bits per heavy atom. The van der Waals surface area contributed by atoms with Crippen LogP contribution < -0.4 is 10.5 Å². The van der Waals surface area contributed by atoms with Crippen molar-refractivity contribution in [2.45, 2.75) is 46.2 Å². The Balaban J connectivity index is 0.00000220. The van der Waals surface area contributed by atoms with E-state index in [1.165, 1.54) is 5.56 Å². The molecular formula is C17H29ClN2O. The predicted molar refractivity (Wildman–Crippen MR) is 91.1 cm³/mol. The van der Waals surface area contributed by atoms with Crippen LogP contribution in [-0.4, -0.2) is 30.6 Å². The molecule has 0 amide bonds. The smallest absolute Gasteiger partial charge is 0.119 e. The van der Waals surface area contributed by atoms with Crippen LogP contribution in [0.25, 0.3) is 0 Å². The summed E-state index contributed by atoms with van der Waals surface area (Å²) in [6.45, 7) is 10.6. The fraction of sp³-hybridized carbons (Fsp3) is 0.647. The van der Waals surface area contributed by atoms with Gasteiger partial charge in [0, 0.05) is 25.7 Å². The topological polar surface area (TPSA) is 38.5 Å². The molecule has 1 unspecified atom stereocenters. The minimum Gasteiger partial charge on any atom is -0.494 e. The zero-order chi connectivity index (χ0) is 14.6. The van der Waals surface area contributed by atoms with Crippen molar-refractivity contribution in [2.24, 2.45) is 11.1 Å². The lowest BCUT2D eigenvalue weighted by atomic mass is 9.79. The number of likely N-dealkylation sites (tertiary alicyclic amines) is 1. The summed E-state index contributed by atoms with van der Waals surface area (Å²) < 4.78 is 5.70. The van der Waals surface area contributed by atoms with Crippen LogP contribution in [0.1, 0.15) is 39.2 Å². The molecule has 0 saturated carbocycles. The van der Waals surface area contributed by atoms with Crippen LogP contribution >= 0.6 is 12.4 Å². The number of nitrogens with zero attached hydrogens (tertiary/aromatic N) is 1. The highest BCUT2D eigenvalue weighted by Crippen LogP contribution is 2.28. The molecule has 0 spiro atoms.